The number of Topliss-reactive ketones (excluding diaryl/α,β-unsaturated/α-hetero) is 1. The Morgan fingerprint density at radius 1 is 0.686 bits per heavy atom. The zero-order chi connectivity index (χ0) is 62.9. The van der Waals surface area contributed by atoms with Crippen LogP contribution in [-0.2, 0) is 63.8 Å². The van der Waals surface area contributed by atoms with Crippen molar-refractivity contribution in [1.82, 2.24) is 30.2 Å². The maximum Gasteiger partial charge on any atom is 0.330 e. The monoisotopic (exact) mass is 1190 g/mol. The van der Waals surface area contributed by atoms with Crippen LogP contribution in [0.1, 0.15) is 114 Å². The van der Waals surface area contributed by atoms with Crippen molar-refractivity contribution < 1.29 is 71.6 Å². The summed E-state index contributed by atoms with van der Waals surface area (Å²) >= 11 is 0. The molecule has 0 aliphatic carbocycles. The first-order valence-corrected chi connectivity index (χ1v) is 28.8. The molecule has 4 aromatic carbocycles. The van der Waals surface area contributed by atoms with Gasteiger partial charge in [0, 0.05) is 40.3 Å². The first-order valence-electron chi connectivity index (χ1n) is 28.8. The van der Waals surface area contributed by atoms with Crippen LogP contribution in [0.25, 0.3) is 0 Å². The average molecular weight is 1190 g/mol. The van der Waals surface area contributed by atoms with Crippen LogP contribution in [-0.4, -0.2) is 165 Å². The average Bonchev–Trinajstić information content (AvgIpc) is 2.28. The Kier molecular flexibility index (Phi) is 23.6. The summed E-state index contributed by atoms with van der Waals surface area (Å²) in [6, 6.07) is 22.7. The number of fused-ring (bicyclic) bond motifs is 3. The Balaban J connectivity index is 1.34. The van der Waals surface area contributed by atoms with Crippen molar-refractivity contribution in [2.24, 2.45) is 5.41 Å². The summed E-state index contributed by atoms with van der Waals surface area (Å²) in [5, 5.41) is 5.68. The van der Waals surface area contributed by atoms with Crippen molar-refractivity contribution in [3.05, 3.63) is 138 Å². The number of hydrogen-bond donors (Lipinski definition) is 2. The molecule has 21 heteroatoms. The van der Waals surface area contributed by atoms with Gasteiger partial charge in [0.15, 0.2) is 18.1 Å². The molecule has 2 aliphatic rings. The number of hydrogen-bond acceptors (Lipinski definition) is 15. The second-order valence-electron chi connectivity index (χ2n) is 23.1. The summed E-state index contributed by atoms with van der Waals surface area (Å²) in [5.41, 5.74) is -0.170. The Labute approximate surface area is 503 Å². The molecule has 6 rings (SSSR count). The van der Waals surface area contributed by atoms with Crippen LogP contribution in [0.5, 0.6) is 17.2 Å². The third-order valence-corrected chi connectivity index (χ3v) is 15.2. The molecule has 2 bridgehead atoms. The van der Waals surface area contributed by atoms with Gasteiger partial charge in [0.25, 0.3) is 11.8 Å². The normalized spacial score (nSPS) is 22.9. The minimum absolute atomic E-state index is 0.0738. The van der Waals surface area contributed by atoms with E-state index >= 15 is 0 Å². The van der Waals surface area contributed by atoms with Crippen LogP contribution in [0.15, 0.2) is 115 Å². The van der Waals surface area contributed by atoms with E-state index in [4.69, 9.17) is 28.4 Å². The Hall–Kier alpha value is -8.59. The van der Waals surface area contributed by atoms with Crippen molar-refractivity contribution >= 4 is 53.2 Å². The van der Waals surface area contributed by atoms with E-state index in [9.17, 15) is 43.2 Å². The standard InChI is InChI=1S/C65H82N6O15/c1-42-58(75)66-56(45-25-16-13-17-26-45)61(78)70(9)49(39-85-64(2,3)4)59(76)67-55(44-23-14-12-15-24-44)60(77)68(7)35-20-19-30-54(73)84-41-65(5,6)57(74)62(79)71-36-21-18-29-48(71)63(80)86-50(33-31-43-32-34-51(81-10)52(37-43)82-11)46-27-22-28-47(38-46)83-40-53(72)69(42)8/h12-17,19,22-28,30,32,34,37-38,42,48-50,55-56H,18,20-21,29,31,33,35-36,39-41H2,1-11H3,(H,66,75)(H,67,76)/b30-19-/t42-,48-,49-,50+,55-,56?/m0/s1. The minimum Gasteiger partial charge on any atom is -0.493 e. The van der Waals surface area contributed by atoms with Gasteiger partial charge in [-0.1, -0.05) is 84.9 Å². The van der Waals surface area contributed by atoms with Gasteiger partial charge in [0.05, 0.1) is 31.8 Å². The number of rotatable bonds is 9. The zero-order valence-corrected chi connectivity index (χ0v) is 51.1. The smallest absolute Gasteiger partial charge is 0.330 e. The molecule has 6 amide bonds. The molecule has 0 radical (unpaired) electrons. The second-order valence-corrected chi connectivity index (χ2v) is 23.1. The molecule has 1 unspecified atom stereocenters. The van der Waals surface area contributed by atoms with Crippen molar-refractivity contribution in [2.75, 3.05) is 68.3 Å². The Morgan fingerprint density at radius 2 is 1.31 bits per heavy atom. The molecule has 0 aromatic heterocycles. The number of cyclic esters (lactones) is 2. The van der Waals surface area contributed by atoms with Crippen LogP contribution < -0.4 is 24.8 Å². The lowest BCUT2D eigenvalue weighted by molar-refractivity contribution is -0.165. The van der Waals surface area contributed by atoms with E-state index < -0.39 is 114 Å². The number of amides is 6. The number of carbonyl (C=O) groups is 9. The number of benzene rings is 4. The number of ether oxygens (including phenoxy) is 6. The third-order valence-electron chi connectivity index (χ3n) is 15.2. The number of piperidine rings is 1. The summed E-state index contributed by atoms with van der Waals surface area (Å²) in [7, 11) is 7.40. The zero-order valence-electron chi connectivity index (χ0n) is 51.1. The SMILES string of the molecule is COc1ccc(CC[C@H]2OC(=O)[C@@H]3CCCCN3C(=O)C(=O)C(C)(C)COC(=O)/C=C\CCN(C)C(=O)[C@H](c3ccccc3)NC(=O)[C@H](COC(C)(C)C)N(C)C(=O)C(c3ccccc3)NC(=O)[C@H](C)N(C)C(=O)COc3cccc2c3)cc1OC. The van der Waals surface area contributed by atoms with Gasteiger partial charge in [-0.3, -0.25) is 33.6 Å². The van der Waals surface area contributed by atoms with Crippen molar-refractivity contribution in [3.63, 3.8) is 0 Å². The van der Waals surface area contributed by atoms with Gasteiger partial charge in [-0.2, -0.15) is 0 Å². The highest BCUT2D eigenvalue weighted by atomic mass is 16.5. The molecule has 1 saturated heterocycles. The number of carbonyl (C=O) groups excluding carboxylic acids is 9. The van der Waals surface area contributed by atoms with Gasteiger partial charge >= 0.3 is 11.9 Å². The quantitative estimate of drug-likeness (QED) is 0.135. The molecule has 21 nitrogen and oxygen atoms in total. The fraction of sp³-hybridized carbons (Fsp3) is 0.462. The van der Waals surface area contributed by atoms with E-state index in [-0.39, 0.29) is 44.7 Å². The van der Waals surface area contributed by atoms with Crippen LogP contribution in [0.2, 0.25) is 0 Å². The van der Waals surface area contributed by atoms with Gasteiger partial charge in [-0.15, -0.1) is 0 Å². The summed E-state index contributed by atoms with van der Waals surface area (Å²) < 4.78 is 35.0. The fourth-order valence-corrected chi connectivity index (χ4v) is 9.69. The second kappa shape index (κ2) is 30.5. The molecular formula is C65H82N6O15. The number of nitrogens with zero attached hydrogens (tertiary/aromatic N) is 4. The molecule has 86 heavy (non-hydrogen) atoms. The fourth-order valence-electron chi connectivity index (χ4n) is 9.69. The predicted molar refractivity (Wildman–Crippen MR) is 318 cm³/mol. The molecule has 462 valence electrons. The van der Waals surface area contributed by atoms with Crippen molar-refractivity contribution in [2.45, 2.75) is 122 Å². The highest BCUT2D eigenvalue weighted by Crippen LogP contribution is 2.33. The van der Waals surface area contributed by atoms with Crippen molar-refractivity contribution in [1.29, 1.82) is 0 Å². The third kappa shape index (κ3) is 18.0. The molecule has 6 atom stereocenters. The van der Waals surface area contributed by atoms with Gasteiger partial charge in [-0.25, -0.2) is 9.59 Å². The number of likely N-dealkylation sites (N-methyl/N-ethyl adjacent to an activating group) is 3. The van der Waals surface area contributed by atoms with Gasteiger partial charge in [-0.05, 0) is 127 Å². The predicted octanol–water partition coefficient (Wildman–Crippen LogP) is 6.44. The first kappa shape index (κ1) is 66.5. The molecule has 0 saturated carbocycles. The van der Waals surface area contributed by atoms with Crippen LogP contribution >= 0.6 is 0 Å². The summed E-state index contributed by atoms with van der Waals surface area (Å²) in [6.45, 7) is 8.62. The van der Waals surface area contributed by atoms with Crippen molar-refractivity contribution in [3.8, 4) is 17.2 Å². The van der Waals surface area contributed by atoms with E-state index in [2.05, 4.69) is 10.6 Å². The largest absolute Gasteiger partial charge is 0.493 e. The number of esters is 2. The Bertz CT molecular complexity index is 3070. The van der Waals surface area contributed by atoms with Crippen LogP contribution in [0.4, 0.5) is 0 Å². The van der Waals surface area contributed by atoms with Gasteiger partial charge in [0.2, 0.25) is 29.4 Å². The number of nitrogens with one attached hydrogen (secondary N) is 2. The highest BCUT2D eigenvalue weighted by molar-refractivity contribution is 6.38. The lowest BCUT2D eigenvalue weighted by Crippen LogP contribution is -2.56. The number of ketones is 1. The first-order chi connectivity index (χ1) is 40.8. The van der Waals surface area contributed by atoms with E-state index in [1.165, 1.54) is 76.9 Å². The van der Waals surface area contributed by atoms with E-state index in [0.717, 1.165) is 16.5 Å². The molecule has 0 spiro atoms. The summed E-state index contributed by atoms with van der Waals surface area (Å²) in [4.78, 5) is 133. The molecule has 2 heterocycles. The molecule has 2 N–H and O–H groups in total. The lowest BCUT2D eigenvalue weighted by Gasteiger charge is -2.36. The van der Waals surface area contributed by atoms with Gasteiger partial charge < -0.3 is 58.7 Å². The maximum atomic E-state index is 14.9. The maximum absolute atomic E-state index is 14.9. The lowest BCUT2D eigenvalue weighted by atomic mass is 9.87. The topological polar surface area (TPSA) is 246 Å². The van der Waals surface area contributed by atoms with Crippen LogP contribution in [0.3, 0.4) is 0 Å². The molecule has 1 fully saturated rings. The Morgan fingerprint density at radius 3 is 1.95 bits per heavy atom. The minimum atomic E-state index is -1.51. The number of methoxy groups -OCH3 is 2. The van der Waals surface area contributed by atoms with E-state index in [0.29, 0.717) is 47.5 Å². The molecule has 4 aromatic rings. The van der Waals surface area contributed by atoms with E-state index in [1.54, 1.807) is 112 Å². The summed E-state index contributed by atoms with van der Waals surface area (Å²) in [5.74, 6) is -5.40. The highest BCUT2D eigenvalue weighted by Gasteiger charge is 2.43. The van der Waals surface area contributed by atoms with Gasteiger partial charge in [0.1, 0.15) is 48.7 Å². The molecule has 2 aliphatic heterocycles. The number of aryl methyl sites for hydroxylation is 1. The summed E-state index contributed by atoms with van der Waals surface area (Å²) in [6.07, 6.45) is 3.77. The molecular weight excluding hydrogens is 1100 g/mol. The van der Waals surface area contributed by atoms with E-state index in [1.807, 2.05) is 12.1 Å². The van der Waals surface area contributed by atoms with Crippen LogP contribution in [0, 0.1) is 5.41 Å².